The lowest BCUT2D eigenvalue weighted by atomic mass is 9.76. The lowest BCUT2D eigenvalue weighted by Gasteiger charge is -2.40. The SMILES string of the molecule is C=CC1=C[C@H]2CN(C(=O)OC(C)(C)C)CC[C@H]2CC1. The number of amides is 1. The molecule has 106 valence electrons. The van der Waals surface area contributed by atoms with Gasteiger partial charge in [-0.25, -0.2) is 4.79 Å². The average Bonchev–Trinajstić information content (AvgIpc) is 2.35. The van der Waals surface area contributed by atoms with Gasteiger partial charge in [-0.05, 0) is 51.9 Å². The first kappa shape index (κ1) is 14.2. The molecular formula is C16H25NO2. The fraction of sp³-hybridized carbons (Fsp3) is 0.688. The highest BCUT2D eigenvalue weighted by Crippen LogP contribution is 2.35. The lowest BCUT2D eigenvalue weighted by molar-refractivity contribution is 0.0127. The normalized spacial score (nSPS) is 27.3. The molecule has 1 aliphatic carbocycles. The van der Waals surface area contributed by atoms with E-state index < -0.39 is 5.60 Å². The standard InChI is InChI=1S/C16H25NO2/c1-5-12-6-7-13-8-9-17(11-14(13)10-12)15(18)19-16(2,3)4/h5,10,13-14H,1,6-9,11H2,2-4H3/t13-,14+/m1/s1. The first-order valence-corrected chi connectivity index (χ1v) is 7.20. The zero-order valence-corrected chi connectivity index (χ0v) is 12.3. The third kappa shape index (κ3) is 3.62. The Bertz CT molecular complexity index is 392. The van der Waals surface area contributed by atoms with E-state index in [0.29, 0.717) is 5.92 Å². The van der Waals surface area contributed by atoms with Crippen molar-refractivity contribution < 1.29 is 9.53 Å². The van der Waals surface area contributed by atoms with Gasteiger partial charge in [-0.15, -0.1) is 0 Å². The predicted octanol–water partition coefficient (Wildman–Crippen LogP) is 3.77. The number of fused-ring (bicyclic) bond motifs is 1. The van der Waals surface area contributed by atoms with Crippen LogP contribution in [0.1, 0.15) is 40.0 Å². The summed E-state index contributed by atoms with van der Waals surface area (Å²) in [4.78, 5) is 14.0. The number of hydrogen-bond acceptors (Lipinski definition) is 2. The van der Waals surface area contributed by atoms with E-state index in [0.717, 1.165) is 31.8 Å². The maximum Gasteiger partial charge on any atom is 0.410 e. The van der Waals surface area contributed by atoms with Crippen molar-refractivity contribution in [1.29, 1.82) is 0 Å². The summed E-state index contributed by atoms with van der Waals surface area (Å²) in [5.74, 6) is 1.20. The quantitative estimate of drug-likeness (QED) is 0.721. The van der Waals surface area contributed by atoms with Crippen LogP contribution in [0.2, 0.25) is 0 Å². The van der Waals surface area contributed by atoms with Crippen LogP contribution in [0.25, 0.3) is 0 Å². The van der Waals surface area contributed by atoms with E-state index in [2.05, 4.69) is 12.7 Å². The average molecular weight is 263 g/mol. The van der Waals surface area contributed by atoms with E-state index in [-0.39, 0.29) is 6.09 Å². The van der Waals surface area contributed by atoms with Crippen LogP contribution in [-0.2, 0) is 4.74 Å². The number of rotatable bonds is 1. The Morgan fingerprint density at radius 1 is 1.47 bits per heavy atom. The monoisotopic (exact) mass is 263 g/mol. The topological polar surface area (TPSA) is 29.5 Å². The number of nitrogens with zero attached hydrogens (tertiary/aromatic N) is 1. The van der Waals surface area contributed by atoms with Crippen molar-refractivity contribution in [2.75, 3.05) is 13.1 Å². The molecule has 0 N–H and O–H groups in total. The molecule has 2 rings (SSSR count). The van der Waals surface area contributed by atoms with Gasteiger partial charge in [-0.3, -0.25) is 0 Å². The highest BCUT2D eigenvalue weighted by molar-refractivity contribution is 5.68. The summed E-state index contributed by atoms with van der Waals surface area (Å²) in [6.45, 7) is 11.2. The van der Waals surface area contributed by atoms with Gasteiger partial charge < -0.3 is 9.64 Å². The molecule has 0 aromatic carbocycles. The van der Waals surface area contributed by atoms with Gasteiger partial charge in [0, 0.05) is 13.1 Å². The highest BCUT2D eigenvalue weighted by Gasteiger charge is 2.33. The molecule has 3 heteroatoms. The van der Waals surface area contributed by atoms with Crippen molar-refractivity contribution in [1.82, 2.24) is 4.90 Å². The van der Waals surface area contributed by atoms with E-state index in [1.807, 2.05) is 31.7 Å². The van der Waals surface area contributed by atoms with Crippen LogP contribution in [0.15, 0.2) is 24.3 Å². The summed E-state index contributed by atoms with van der Waals surface area (Å²) in [6, 6.07) is 0. The molecule has 0 aromatic heterocycles. The summed E-state index contributed by atoms with van der Waals surface area (Å²) < 4.78 is 5.46. The Morgan fingerprint density at radius 2 is 2.21 bits per heavy atom. The third-order valence-corrected chi connectivity index (χ3v) is 3.95. The molecule has 0 spiro atoms. The summed E-state index contributed by atoms with van der Waals surface area (Å²) in [5.41, 5.74) is 0.912. The molecule has 3 nitrogen and oxygen atoms in total. The van der Waals surface area contributed by atoms with Crippen LogP contribution < -0.4 is 0 Å². The Balaban J connectivity index is 2.00. The number of piperidine rings is 1. The number of ether oxygens (including phenoxy) is 1. The van der Waals surface area contributed by atoms with Gasteiger partial charge in [0.2, 0.25) is 0 Å². The summed E-state index contributed by atoms with van der Waals surface area (Å²) in [6.07, 6.45) is 7.53. The van der Waals surface area contributed by atoms with Crippen molar-refractivity contribution >= 4 is 6.09 Å². The van der Waals surface area contributed by atoms with Crippen LogP contribution in [0, 0.1) is 11.8 Å². The summed E-state index contributed by atoms with van der Waals surface area (Å²) >= 11 is 0. The lowest BCUT2D eigenvalue weighted by Crippen LogP contribution is -2.46. The van der Waals surface area contributed by atoms with Crippen LogP contribution in [-0.4, -0.2) is 29.7 Å². The maximum absolute atomic E-state index is 12.1. The molecule has 1 saturated heterocycles. The molecule has 0 unspecified atom stereocenters. The number of hydrogen-bond donors (Lipinski definition) is 0. The zero-order chi connectivity index (χ0) is 14.0. The van der Waals surface area contributed by atoms with Gasteiger partial charge in [-0.1, -0.05) is 24.3 Å². The molecule has 1 amide bonds. The molecule has 0 bridgehead atoms. The van der Waals surface area contributed by atoms with Crippen molar-refractivity contribution in [2.45, 2.75) is 45.6 Å². The van der Waals surface area contributed by atoms with Gasteiger partial charge in [0.15, 0.2) is 0 Å². The largest absolute Gasteiger partial charge is 0.444 e. The first-order chi connectivity index (χ1) is 8.89. The maximum atomic E-state index is 12.1. The van der Waals surface area contributed by atoms with E-state index in [4.69, 9.17) is 4.74 Å². The Hall–Kier alpha value is -1.25. The van der Waals surface area contributed by atoms with E-state index in [1.165, 1.54) is 12.0 Å². The second-order valence-corrected chi connectivity index (χ2v) is 6.62. The third-order valence-electron chi connectivity index (χ3n) is 3.95. The molecule has 0 aromatic rings. The number of carbonyl (C=O) groups excluding carboxylic acids is 1. The molecule has 1 aliphatic heterocycles. The van der Waals surface area contributed by atoms with Crippen LogP contribution in [0.4, 0.5) is 4.79 Å². The molecule has 0 radical (unpaired) electrons. The summed E-state index contributed by atoms with van der Waals surface area (Å²) in [7, 11) is 0. The second kappa shape index (κ2) is 5.40. The highest BCUT2D eigenvalue weighted by atomic mass is 16.6. The van der Waals surface area contributed by atoms with Gasteiger partial charge in [0.1, 0.15) is 5.60 Å². The number of likely N-dealkylation sites (tertiary alicyclic amines) is 1. The van der Waals surface area contributed by atoms with Crippen molar-refractivity contribution in [3.63, 3.8) is 0 Å². The molecule has 0 saturated carbocycles. The molecular weight excluding hydrogens is 238 g/mol. The molecule has 2 atom stereocenters. The zero-order valence-electron chi connectivity index (χ0n) is 12.3. The minimum absolute atomic E-state index is 0.176. The molecule has 1 heterocycles. The van der Waals surface area contributed by atoms with Gasteiger partial charge >= 0.3 is 6.09 Å². The molecule has 2 aliphatic rings. The fourth-order valence-corrected chi connectivity index (χ4v) is 2.95. The van der Waals surface area contributed by atoms with Gasteiger partial charge in [-0.2, -0.15) is 0 Å². The number of allylic oxidation sites excluding steroid dienone is 2. The van der Waals surface area contributed by atoms with Gasteiger partial charge in [0.05, 0.1) is 0 Å². The van der Waals surface area contributed by atoms with Crippen molar-refractivity contribution in [2.24, 2.45) is 11.8 Å². The minimum Gasteiger partial charge on any atom is -0.444 e. The summed E-state index contributed by atoms with van der Waals surface area (Å²) in [5, 5.41) is 0. The Labute approximate surface area is 116 Å². The Morgan fingerprint density at radius 3 is 2.84 bits per heavy atom. The molecule has 1 fully saturated rings. The number of carbonyl (C=O) groups is 1. The van der Waals surface area contributed by atoms with E-state index in [9.17, 15) is 4.79 Å². The van der Waals surface area contributed by atoms with Crippen LogP contribution in [0.3, 0.4) is 0 Å². The van der Waals surface area contributed by atoms with Crippen LogP contribution in [0.5, 0.6) is 0 Å². The fourth-order valence-electron chi connectivity index (χ4n) is 2.95. The van der Waals surface area contributed by atoms with Crippen molar-refractivity contribution in [3.05, 3.63) is 24.3 Å². The first-order valence-electron chi connectivity index (χ1n) is 7.20. The van der Waals surface area contributed by atoms with E-state index in [1.54, 1.807) is 0 Å². The smallest absolute Gasteiger partial charge is 0.410 e. The second-order valence-electron chi connectivity index (χ2n) is 6.62. The van der Waals surface area contributed by atoms with Crippen LogP contribution >= 0.6 is 0 Å². The molecule has 19 heavy (non-hydrogen) atoms. The van der Waals surface area contributed by atoms with E-state index >= 15 is 0 Å². The van der Waals surface area contributed by atoms with Crippen molar-refractivity contribution in [3.8, 4) is 0 Å². The minimum atomic E-state index is -0.414. The predicted molar refractivity (Wildman–Crippen MR) is 76.9 cm³/mol. The van der Waals surface area contributed by atoms with Gasteiger partial charge in [0.25, 0.3) is 0 Å². The Kier molecular flexibility index (Phi) is 4.02.